The van der Waals surface area contributed by atoms with E-state index in [4.69, 9.17) is 0 Å². The molecule has 2 amide bonds. The Bertz CT molecular complexity index is 1200. The van der Waals surface area contributed by atoms with E-state index in [9.17, 15) is 9.59 Å². The summed E-state index contributed by atoms with van der Waals surface area (Å²) in [6.45, 7) is 3.61. The van der Waals surface area contributed by atoms with Crippen LogP contribution in [-0.2, 0) is 9.59 Å². The first-order chi connectivity index (χ1) is 17.1. The second-order valence-electron chi connectivity index (χ2n) is 14.3. The van der Waals surface area contributed by atoms with Gasteiger partial charge in [0.05, 0.1) is 0 Å². The maximum absolute atomic E-state index is 17.2. The Balaban J connectivity index is 1.57. The van der Waals surface area contributed by atoms with Crippen LogP contribution >= 0.6 is 0 Å². The predicted octanol–water partition coefficient (Wildman–Crippen LogP) is 4.91. The monoisotopic (exact) mass is 550 g/mol. The lowest BCUT2D eigenvalue weighted by Gasteiger charge is -2.97. The summed E-state index contributed by atoms with van der Waals surface area (Å²) in [5, 5.41) is 0. The fourth-order valence-corrected chi connectivity index (χ4v) is 10.1. The molecule has 0 aromatic rings. The number of hydrogen-bond acceptors (Lipinski definition) is 2. The van der Waals surface area contributed by atoms with Gasteiger partial charge in [-0.05, 0) is 0 Å². The van der Waals surface area contributed by atoms with Gasteiger partial charge in [0.15, 0.2) is 0 Å². The molecule has 0 unspecified atom stereocenters. The zero-order valence-corrected chi connectivity index (χ0v) is 21.6. The molecule has 5 fully saturated rings. The maximum atomic E-state index is 17.2. The van der Waals surface area contributed by atoms with Gasteiger partial charge in [-0.3, -0.25) is 9.59 Å². The molecule has 0 N–H and O–H groups in total. The Morgan fingerprint density at radius 2 is 0.711 bits per heavy atom. The van der Waals surface area contributed by atoms with E-state index in [-0.39, 0.29) is 0 Å². The minimum absolute atomic E-state index is 0.647. The third-order valence-electron chi connectivity index (χ3n) is 11.2. The SMILES string of the molecule is CC(C)(C)C(=O)N1CC23C(F)=C(F)C45CN(C(=O)C(C)(C)C)CC46C(F)=C(F)C2(C1)C1(F)C3(F)C5(F)C61F. The lowest BCUT2D eigenvalue weighted by atomic mass is 9.05. The van der Waals surface area contributed by atoms with Crippen molar-refractivity contribution in [1.29, 1.82) is 0 Å². The molecule has 12 heteroatoms. The standard InChI is InChI=1S/C26H26F8N2O2/c1-17(2,3)15(37)35-7-19-11(27)13(29)21-9-36(16(38)18(4,5)6)10-22(21)14(30)12(28)20(19,8-35)24(32)23(19,31)25(21,33)26(22,24)34/h7-10H2,1-6H3. The normalized spacial score (nSPS) is 53.3. The molecular formula is C26H26F8N2O2. The highest BCUT2D eigenvalue weighted by molar-refractivity contribution is 5.88. The van der Waals surface area contributed by atoms with Gasteiger partial charge < -0.3 is 9.80 Å². The summed E-state index contributed by atoms with van der Waals surface area (Å²) < 4.78 is 134. The number of carbonyl (C=O) groups is 2. The Morgan fingerprint density at radius 3 is 0.868 bits per heavy atom. The molecule has 0 atom stereocenters. The zero-order chi connectivity index (χ0) is 28.4. The van der Waals surface area contributed by atoms with Crippen LogP contribution in [0.15, 0.2) is 23.3 Å². The molecule has 0 aromatic carbocycles. The molecular weight excluding hydrogens is 524 g/mol. The van der Waals surface area contributed by atoms with Crippen molar-refractivity contribution in [3.8, 4) is 0 Å². The highest BCUT2D eigenvalue weighted by Crippen LogP contribution is 3.08. The molecule has 7 rings (SSSR count). The van der Waals surface area contributed by atoms with Crippen molar-refractivity contribution in [3.05, 3.63) is 23.3 Å². The van der Waals surface area contributed by atoms with E-state index in [2.05, 4.69) is 0 Å². The van der Waals surface area contributed by atoms with Gasteiger partial charge in [-0.25, -0.2) is 35.1 Å². The Hall–Kier alpha value is -2.14. The number of nitrogens with zero attached hydrogens (tertiary/aromatic N) is 2. The van der Waals surface area contributed by atoms with Crippen molar-refractivity contribution in [2.75, 3.05) is 26.2 Å². The number of amides is 2. The third-order valence-corrected chi connectivity index (χ3v) is 11.2. The highest BCUT2D eigenvalue weighted by Gasteiger charge is 3.27. The smallest absolute Gasteiger partial charge is 0.228 e. The van der Waals surface area contributed by atoms with E-state index in [0.29, 0.717) is 9.80 Å². The second-order valence-corrected chi connectivity index (χ2v) is 14.3. The van der Waals surface area contributed by atoms with Crippen molar-refractivity contribution in [2.24, 2.45) is 32.5 Å². The van der Waals surface area contributed by atoms with E-state index in [1.807, 2.05) is 0 Å². The summed E-state index contributed by atoms with van der Waals surface area (Å²) in [7, 11) is 0. The van der Waals surface area contributed by atoms with Gasteiger partial charge in [-0.1, -0.05) is 41.5 Å². The Labute approximate surface area is 213 Å². The summed E-state index contributed by atoms with van der Waals surface area (Å²) in [4.78, 5) is 27.4. The van der Waals surface area contributed by atoms with E-state index < -0.39 is 116 Å². The van der Waals surface area contributed by atoms with Gasteiger partial charge in [0.2, 0.25) is 34.5 Å². The fraction of sp³-hybridized carbons (Fsp3) is 0.769. The lowest BCUT2D eigenvalue weighted by Crippen LogP contribution is -3.18. The maximum Gasteiger partial charge on any atom is 0.228 e. The van der Waals surface area contributed by atoms with E-state index in [0.717, 1.165) is 0 Å². The van der Waals surface area contributed by atoms with Crippen LogP contribution in [0.2, 0.25) is 0 Å². The van der Waals surface area contributed by atoms with Crippen molar-refractivity contribution in [3.63, 3.8) is 0 Å². The van der Waals surface area contributed by atoms with Crippen LogP contribution < -0.4 is 0 Å². The zero-order valence-electron chi connectivity index (χ0n) is 21.6. The lowest BCUT2D eigenvalue weighted by molar-refractivity contribution is -0.588. The molecule has 0 bridgehead atoms. The van der Waals surface area contributed by atoms with Crippen LogP contribution in [0.4, 0.5) is 35.1 Å². The molecule has 5 aliphatic carbocycles. The minimum atomic E-state index is -4.16. The fourth-order valence-electron chi connectivity index (χ4n) is 10.1. The molecule has 0 aromatic heterocycles. The second kappa shape index (κ2) is 5.42. The molecule has 3 saturated carbocycles. The quantitative estimate of drug-likeness (QED) is 0.403. The molecule has 2 heterocycles. The molecule has 0 radical (unpaired) electrons. The van der Waals surface area contributed by atoms with Gasteiger partial charge in [0, 0.05) is 37.0 Å². The topological polar surface area (TPSA) is 40.6 Å². The van der Waals surface area contributed by atoms with Crippen LogP contribution in [-0.4, -0.2) is 70.5 Å². The van der Waals surface area contributed by atoms with E-state index in [1.54, 1.807) is 0 Å². The first kappa shape index (κ1) is 24.9. The summed E-state index contributed by atoms with van der Waals surface area (Å²) >= 11 is 0. The van der Waals surface area contributed by atoms with Crippen LogP contribution in [0.5, 0.6) is 0 Å². The minimum Gasteiger partial charge on any atom is -0.340 e. The van der Waals surface area contributed by atoms with Gasteiger partial charge in [-0.15, -0.1) is 0 Å². The Morgan fingerprint density at radius 1 is 0.526 bits per heavy atom. The molecule has 208 valence electrons. The Kier molecular flexibility index (Phi) is 3.55. The van der Waals surface area contributed by atoms with Crippen LogP contribution in [0.1, 0.15) is 41.5 Å². The van der Waals surface area contributed by atoms with Crippen LogP contribution in [0.25, 0.3) is 0 Å². The summed E-state index contributed by atoms with van der Waals surface area (Å²) in [6.07, 6.45) is 0. The molecule has 2 saturated heterocycles. The number of hydrogen-bond donors (Lipinski definition) is 0. The summed E-state index contributed by atoms with van der Waals surface area (Å²) in [5.74, 6) is -9.93. The molecule has 4 nitrogen and oxygen atoms in total. The summed E-state index contributed by atoms with van der Waals surface area (Å²) in [6, 6.07) is 0. The van der Waals surface area contributed by atoms with Crippen molar-refractivity contribution in [2.45, 2.75) is 64.2 Å². The van der Waals surface area contributed by atoms with Gasteiger partial charge >= 0.3 is 0 Å². The molecule has 4 spiro atoms. The number of rotatable bonds is 0. The van der Waals surface area contributed by atoms with Gasteiger partial charge in [0.25, 0.3) is 0 Å². The summed E-state index contributed by atoms with van der Waals surface area (Å²) in [5.41, 5.74) is -32.6. The molecule has 2 aliphatic heterocycles. The average Bonchev–Trinajstić information content (AvgIpc) is 3.34. The van der Waals surface area contributed by atoms with Crippen molar-refractivity contribution in [1.82, 2.24) is 9.80 Å². The number of likely N-dealkylation sites (tertiary alicyclic amines) is 2. The third kappa shape index (κ3) is 1.43. The van der Waals surface area contributed by atoms with Crippen molar-refractivity contribution >= 4 is 11.8 Å². The molecule has 38 heavy (non-hydrogen) atoms. The number of alkyl halides is 4. The highest BCUT2D eigenvalue weighted by atomic mass is 19.2. The van der Waals surface area contributed by atoms with E-state index in [1.165, 1.54) is 41.5 Å². The predicted molar refractivity (Wildman–Crippen MR) is 116 cm³/mol. The van der Waals surface area contributed by atoms with Crippen molar-refractivity contribution < 1.29 is 44.7 Å². The van der Waals surface area contributed by atoms with Crippen LogP contribution in [0, 0.1) is 32.5 Å². The largest absolute Gasteiger partial charge is 0.340 e. The van der Waals surface area contributed by atoms with Crippen LogP contribution in [0.3, 0.4) is 0 Å². The average molecular weight is 550 g/mol. The molecule has 7 aliphatic rings. The first-order valence-electron chi connectivity index (χ1n) is 12.5. The first-order valence-corrected chi connectivity index (χ1v) is 12.5. The van der Waals surface area contributed by atoms with E-state index >= 15 is 35.1 Å². The van der Waals surface area contributed by atoms with Gasteiger partial charge in [-0.2, -0.15) is 0 Å². The van der Waals surface area contributed by atoms with Gasteiger partial charge in [0.1, 0.15) is 45.0 Å². The number of carbonyl (C=O) groups excluding carboxylic acids is 2. The number of halogens is 8.